The Bertz CT molecular complexity index is 429. The molecular weight excluding hydrogens is 216 g/mol. The number of thiazole rings is 1. The SMILES string of the molecule is CC(C)CN(C)Cc1nc2ccccc2s1. The standard InChI is InChI=1S/C13H18N2S/c1-10(2)8-15(3)9-13-14-11-6-4-5-7-12(11)16-13/h4-7,10H,8-9H2,1-3H3. The molecule has 2 aromatic rings. The van der Waals surface area contributed by atoms with E-state index >= 15 is 0 Å². The van der Waals surface area contributed by atoms with Crippen LogP contribution in [0.1, 0.15) is 18.9 Å². The van der Waals surface area contributed by atoms with Crippen LogP contribution in [-0.2, 0) is 6.54 Å². The first-order chi connectivity index (χ1) is 7.65. The molecule has 0 radical (unpaired) electrons. The maximum atomic E-state index is 4.64. The molecule has 3 heteroatoms. The Labute approximate surface area is 101 Å². The average Bonchev–Trinajstić information content (AvgIpc) is 2.57. The summed E-state index contributed by atoms with van der Waals surface area (Å²) >= 11 is 1.80. The quantitative estimate of drug-likeness (QED) is 0.806. The Morgan fingerprint density at radius 3 is 2.75 bits per heavy atom. The molecule has 0 bridgehead atoms. The smallest absolute Gasteiger partial charge is 0.108 e. The van der Waals surface area contributed by atoms with Gasteiger partial charge in [-0.2, -0.15) is 0 Å². The summed E-state index contributed by atoms with van der Waals surface area (Å²) in [6, 6.07) is 8.34. The zero-order valence-corrected chi connectivity index (χ0v) is 10.9. The summed E-state index contributed by atoms with van der Waals surface area (Å²) in [5.74, 6) is 0.708. The molecule has 0 saturated heterocycles. The van der Waals surface area contributed by atoms with Crippen LogP contribution in [0.25, 0.3) is 10.2 Å². The van der Waals surface area contributed by atoms with Crippen molar-refractivity contribution in [2.24, 2.45) is 5.92 Å². The van der Waals surface area contributed by atoms with Crippen molar-refractivity contribution in [2.75, 3.05) is 13.6 Å². The summed E-state index contributed by atoms with van der Waals surface area (Å²) in [5, 5.41) is 1.21. The highest BCUT2D eigenvalue weighted by Crippen LogP contribution is 2.22. The third-order valence-electron chi connectivity index (χ3n) is 2.42. The second-order valence-corrected chi connectivity index (χ2v) is 5.78. The summed E-state index contributed by atoms with van der Waals surface area (Å²) in [7, 11) is 2.16. The number of benzene rings is 1. The molecule has 16 heavy (non-hydrogen) atoms. The molecule has 2 rings (SSSR count). The maximum absolute atomic E-state index is 4.64. The molecule has 1 heterocycles. The number of para-hydroxylation sites is 1. The number of nitrogens with zero attached hydrogens (tertiary/aromatic N) is 2. The fourth-order valence-corrected chi connectivity index (χ4v) is 2.95. The van der Waals surface area contributed by atoms with E-state index in [1.54, 1.807) is 11.3 Å². The van der Waals surface area contributed by atoms with Crippen molar-refractivity contribution in [1.29, 1.82) is 0 Å². The maximum Gasteiger partial charge on any atom is 0.108 e. The number of rotatable bonds is 4. The van der Waals surface area contributed by atoms with Gasteiger partial charge in [0.1, 0.15) is 5.01 Å². The highest BCUT2D eigenvalue weighted by molar-refractivity contribution is 7.18. The van der Waals surface area contributed by atoms with Crippen molar-refractivity contribution in [3.05, 3.63) is 29.3 Å². The minimum absolute atomic E-state index is 0.708. The average molecular weight is 234 g/mol. The highest BCUT2D eigenvalue weighted by atomic mass is 32.1. The van der Waals surface area contributed by atoms with Crippen LogP contribution in [0, 0.1) is 5.92 Å². The van der Waals surface area contributed by atoms with Crippen LogP contribution < -0.4 is 0 Å². The molecule has 0 fully saturated rings. The molecule has 1 aromatic carbocycles. The molecule has 0 aliphatic rings. The van der Waals surface area contributed by atoms with Gasteiger partial charge in [-0.05, 0) is 25.1 Å². The minimum Gasteiger partial charge on any atom is -0.299 e. The normalized spacial score (nSPS) is 11.8. The van der Waals surface area contributed by atoms with Gasteiger partial charge in [-0.3, -0.25) is 4.90 Å². The molecule has 2 nitrogen and oxygen atoms in total. The van der Waals surface area contributed by atoms with Gasteiger partial charge in [0.2, 0.25) is 0 Å². The van der Waals surface area contributed by atoms with E-state index in [2.05, 4.69) is 49.0 Å². The molecular formula is C13H18N2S. The first-order valence-electron chi connectivity index (χ1n) is 5.68. The fraction of sp³-hybridized carbons (Fsp3) is 0.462. The Kier molecular flexibility index (Phi) is 3.56. The molecule has 0 atom stereocenters. The molecule has 0 unspecified atom stereocenters. The summed E-state index contributed by atoms with van der Waals surface area (Å²) in [5.41, 5.74) is 1.13. The van der Waals surface area contributed by atoms with Gasteiger partial charge in [0.25, 0.3) is 0 Å². The van der Waals surface area contributed by atoms with Crippen LogP contribution in [0.4, 0.5) is 0 Å². The number of fused-ring (bicyclic) bond motifs is 1. The molecule has 86 valence electrons. The Hall–Kier alpha value is -0.930. The molecule has 1 aromatic heterocycles. The van der Waals surface area contributed by atoms with Crippen LogP contribution in [0.2, 0.25) is 0 Å². The van der Waals surface area contributed by atoms with Crippen LogP contribution in [0.5, 0.6) is 0 Å². The lowest BCUT2D eigenvalue weighted by Crippen LogP contribution is -2.22. The van der Waals surface area contributed by atoms with Gasteiger partial charge in [-0.15, -0.1) is 11.3 Å². The number of aromatic nitrogens is 1. The molecule has 0 N–H and O–H groups in total. The van der Waals surface area contributed by atoms with E-state index in [-0.39, 0.29) is 0 Å². The predicted octanol–water partition coefficient (Wildman–Crippen LogP) is 3.38. The summed E-state index contributed by atoms with van der Waals surface area (Å²) in [6.45, 7) is 6.57. The first-order valence-corrected chi connectivity index (χ1v) is 6.50. The zero-order valence-electron chi connectivity index (χ0n) is 10.1. The van der Waals surface area contributed by atoms with E-state index in [1.165, 1.54) is 9.71 Å². The topological polar surface area (TPSA) is 16.1 Å². The summed E-state index contributed by atoms with van der Waals surface area (Å²) < 4.78 is 1.29. The predicted molar refractivity (Wildman–Crippen MR) is 70.8 cm³/mol. The first kappa shape index (κ1) is 11.6. The van der Waals surface area contributed by atoms with E-state index in [4.69, 9.17) is 0 Å². The van der Waals surface area contributed by atoms with E-state index < -0.39 is 0 Å². The Morgan fingerprint density at radius 2 is 2.06 bits per heavy atom. The van der Waals surface area contributed by atoms with Gasteiger partial charge in [0.15, 0.2) is 0 Å². The Balaban J connectivity index is 2.09. The molecule has 0 aliphatic heterocycles. The third-order valence-corrected chi connectivity index (χ3v) is 3.44. The van der Waals surface area contributed by atoms with Crippen LogP contribution in [0.15, 0.2) is 24.3 Å². The minimum atomic E-state index is 0.708. The summed E-state index contributed by atoms with van der Waals surface area (Å²) in [4.78, 5) is 6.97. The molecule has 0 spiro atoms. The van der Waals surface area contributed by atoms with E-state index in [9.17, 15) is 0 Å². The van der Waals surface area contributed by atoms with Gasteiger partial charge in [0.05, 0.1) is 16.8 Å². The lowest BCUT2D eigenvalue weighted by molar-refractivity contribution is 0.288. The fourth-order valence-electron chi connectivity index (χ4n) is 1.91. The second-order valence-electron chi connectivity index (χ2n) is 4.67. The number of hydrogen-bond donors (Lipinski definition) is 0. The Morgan fingerprint density at radius 1 is 1.31 bits per heavy atom. The number of hydrogen-bond acceptors (Lipinski definition) is 3. The highest BCUT2D eigenvalue weighted by Gasteiger charge is 2.07. The van der Waals surface area contributed by atoms with E-state index in [1.807, 2.05) is 6.07 Å². The van der Waals surface area contributed by atoms with Gasteiger partial charge in [-0.25, -0.2) is 4.98 Å². The van der Waals surface area contributed by atoms with Crippen LogP contribution >= 0.6 is 11.3 Å². The monoisotopic (exact) mass is 234 g/mol. The summed E-state index contributed by atoms with van der Waals surface area (Å²) in [6.07, 6.45) is 0. The van der Waals surface area contributed by atoms with Gasteiger partial charge < -0.3 is 0 Å². The van der Waals surface area contributed by atoms with Gasteiger partial charge in [-0.1, -0.05) is 26.0 Å². The van der Waals surface area contributed by atoms with Crippen molar-refractivity contribution in [2.45, 2.75) is 20.4 Å². The third kappa shape index (κ3) is 2.80. The second kappa shape index (κ2) is 4.93. The molecule has 0 saturated carbocycles. The van der Waals surface area contributed by atoms with Crippen molar-refractivity contribution in [1.82, 2.24) is 9.88 Å². The van der Waals surface area contributed by atoms with Gasteiger partial charge in [0, 0.05) is 6.54 Å². The van der Waals surface area contributed by atoms with Crippen molar-refractivity contribution in [3.8, 4) is 0 Å². The van der Waals surface area contributed by atoms with Crippen molar-refractivity contribution < 1.29 is 0 Å². The largest absolute Gasteiger partial charge is 0.299 e. The zero-order chi connectivity index (χ0) is 11.5. The van der Waals surface area contributed by atoms with E-state index in [0.717, 1.165) is 18.6 Å². The lowest BCUT2D eigenvalue weighted by Gasteiger charge is -2.16. The van der Waals surface area contributed by atoms with Crippen molar-refractivity contribution in [3.63, 3.8) is 0 Å². The van der Waals surface area contributed by atoms with Crippen LogP contribution in [-0.4, -0.2) is 23.5 Å². The molecule has 0 aliphatic carbocycles. The lowest BCUT2D eigenvalue weighted by atomic mass is 10.2. The van der Waals surface area contributed by atoms with Crippen LogP contribution in [0.3, 0.4) is 0 Å². The van der Waals surface area contributed by atoms with Gasteiger partial charge >= 0.3 is 0 Å². The molecule has 0 amide bonds. The van der Waals surface area contributed by atoms with E-state index in [0.29, 0.717) is 5.92 Å². The van der Waals surface area contributed by atoms with Crippen molar-refractivity contribution >= 4 is 21.6 Å².